The van der Waals surface area contributed by atoms with Crippen molar-refractivity contribution in [2.24, 2.45) is 0 Å². The van der Waals surface area contributed by atoms with Gasteiger partial charge in [-0.25, -0.2) is 4.90 Å². The monoisotopic (exact) mass is 229 g/mol. The highest BCUT2D eigenvalue weighted by Gasteiger charge is 2.45. The summed E-state index contributed by atoms with van der Waals surface area (Å²) in [6.45, 7) is 5.06. The van der Waals surface area contributed by atoms with Crippen LogP contribution in [0.5, 0.6) is 0 Å². The summed E-state index contributed by atoms with van der Waals surface area (Å²) in [4.78, 5) is 13.2. The Morgan fingerprint density at radius 1 is 1.31 bits per heavy atom. The van der Waals surface area contributed by atoms with Gasteiger partial charge in [0.15, 0.2) is 0 Å². The number of Topliss-reactive ketones (excluding diaryl/α,β-unsaturated/α-hetero) is 1. The molecule has 2 rings (SSSR count). The summed E-state index contributed by atoms with van der Waals surface area (Å²) in [5.41, 5.74) is 0. The average molecular weight is 229 g/mol. The number of ether oxygens (including phenoxy) is 3. The molecular formula is C11H19NO4. The van der Waals surface area contributed by atoms with Gasteiger partial charge in [-0.05, 0) is 6.42 Å². The molecule has 2 saturated heterocycles. The van der Waals surface area contributed by atoms with Gasteiger partial charge in [0, 0.05) is 25.9 Å². The molecule has 2 fully saturated rings. The third kappa shape index (κ3) is 2.43. The van der Waals surface area contributed by atoms with Crippen LogP contribution in [0.2, 0.25) is 0 Å². The molecule has 0 aliphatic carbocycles. The fourth-order valence-electron chi connectivity index (χ4n) is 2.00. The van der Waals surface area contributed by atoms with Crippen molar-refractivity contribution in [1.82, 2.24) is 4.90 Å². The second-order valence-corrected chi connectivity index (χ2v) is 4.09. The zero-order valence-electron chi connectivity index (χ0n) is 9.74. The minimum Gasteiger partial charge on any atom is -0.314 e. The summed E-state index contributed by atoms with van der Waals surface area (Å²) in [5.74, 6) is 0.305. The molecule has 2 aliphatic rings. The average Bonchev–Trinajstić information content (AvgIpc) is 2.77. The Morgan fingerprint density at radius 2 is 1.94 bits per heavy atom. The number of hydrogen-bond donors (Lipinski definition) is 0. The van der Waals surface area contributed by atoms with Crippen molar-refractivity contribution < 1.29 is 19.0 Å². The molecule has 0 saturated carbocycles. The predicted molar refractivity (Wildman–Crippen MR) is 56.7 cm³/mol. The lowest BCUT2D eigenvalue weighted by molar-refractivity contribution is -0.406. The zero-order valence-corrected chi connectivity index (χ0v) is 9.74. The molecule has 0 radical (unpaired) electrons. The summed E-state index contributed by atoms with van der Waals surface area (Å²) in [7, 11) is 0. The van der Waals surface area contributed by atoms with Gasteiger partial charge in [-0.1, -0.05) is 6.92 Å². The van der Waals surface area contributed by atoms with Gasteiger partial charge in [-0.2, -0.15) is 0 Å². The molecule has 2 heterocycles. The summed E-state index contributed by atoms with van der Waals surface area (Å²) in [6.07, 6.45) is 1.02. The van der Waals surface area contributed by atoms with Gasteiger partial charge >= 0.3 is 6.10 Å². The highest BCUT2D eigenvalue weighted by Crippen LogP contribution is 2.28. The summed E-state index contributed by atoms with van der Waals surface area (Å²) >= 11 is 0. The highest BCUT2D eigenvalue weighted by atomic mass is 16.9. The first-order valence-electron chi connectivity index (χ1n) is 5.95. The molecule has 0 atom stereocenters. The molecule has 0 aromatic heterocycles. The maximum absolute atomic E-state index is 11.2. The molecule has 92 valence electrons. The molecular weight excluding hydrogens is 210 g/mol. The molecule has 5 heteroatoms. The highest BCUT2D eigenvalue weighted by molar-refractivity contribution is 5.79. The minimum atomic E-state index is -1.02. The first-order chi connectivity index (χ1) is 7.77. The summed E-state index contributed by atoms with van der Waals surface area (Å²) in [6, 6.07) is 0. The number of likely N-dealkylation sites (tertiary alicyclic amines) is 1. The topological polar surface area (TPSA) is 48.0 Å². The maximum Gasteiger partial charge on any atom is 0.353 e. The van der Waals surface area contributed by atoms with Crippen LogP contribution >= 0.6 is 0 Å². The van der Waals surface area contributed by atoms with Crippen LogP contribution < -0.4 is 0 Å². The van der Waals surface area contributed by atoms with Gasteiger partial charge in [-0.3, -0.25) is 4.79 Å². The zero-order chi connectivity index (χ0) is 11.4. The van der Waals surface area contributed by atoms with Crippen molar-refractivity contribution in [2.45, 2.75) is 32.3 Å². The van der Waals surface area contributed by atoms with Crippen LogP contribution in [-0.2, 0) is 19.0 Å². The number of carbonyl (C=O) groups is 1. The second kappa shape index (κ2) is 5.23. The summed E-state index contributed by atoms with van der Waals surface area (Å²) in [5, 5.41) is 0. The maximum atomic E-state index is 11.2. The SMILES string of the molecule is CCCOC1(N2CCC(=O)CC2)OCCO1. The Bertz CT molecular complexity index is 240. The van der Waals surface area contributed by atoms with Crippen LogP contribution in [0.4, 0.5) is 0 Å². The van der Waals surface area contributed by atoms with E-state index in [-0.39, 0.29) is 0 Å². The lowest BCUT2D eigenvalue weighted by Gasteiger charge is -2.39. The standard InChI is InChI=1S/C11H19NO4/c1-2-7-14-11(15-8-9-16-11)12-5-3-10(13)4-6-12/h2-9H2,1H3. The van der Waals surface area contributed by atoms with Gasteiger partial charge in [0.25, 0.3) is 0 Å². The minimum absolute atomic E-state index is 0.305. The first kappa shape index (κ1) is 12.0. The van der Waals surface area contributed by atoms with E-state index in [0.29, 0.717) is 51.5 Å². The van der Waals surface area contributed by atoms with E-state index in [1.54, 1.807) is 0 Å². The Hall–Kier alpha value is -0.490. The first-order valence-corrected chi connectivity index (χ1v) is 5.95. The van der Waals surface area contributed by atoms with E-state index in [1.807, 2.05) is 11.8 Å². The van der Waals surface area contributed by atoms with Crippen molar-refractivity contribution in [3.05, 3.63) is 0 Å². The van der Waals surface area contributed by atoms with E-state index < -0.39 is 6.10 Å². The molecule has 0 spiro atoms. The molecule has 0 aromatic carbocycles. The van der Waals surface area contributed by atoms with Crippen LogP contribution in [0.3, 0.4) is 0 Å². The molecule has 0 amide bonds. The Labute approximate surface area is 95.6 Å². The summed E-state index contributed by atoms with van der Waals surface area (Å²) < 4.78 is 16.9. The number of piperidine rings is 1. The Balaban J connectivity index is 1.98. The smallest absolute Gasteiger partial charge is 0.314 e. The molecule has 2 aliphatic heterocycles. The molecule has 0 N–H and O–H groups in total. The number of rotatable bonds is 4. The van der Waals surface area contributed by atoms with Crippen molar-refractivity contribution in [1.29, 1.82) is 0 Å². The number of ketones is 1. The van der Waals surface area contributed by atoms with Crippen molar-refractivity contribution in [3.8, 4) is 0 Å². The van der Waals surface area contributed by atoms with E-state index in [9.17, 15) is 4.79 Å². The van der Waals surface area contributed by atoms with Crippen LogP contribution in [0.15, 0.2) is 0 Å². The normalized spacial score (nSPS) is 26.2. The Kier molecular flexibility index (Phi) is 3.91. The van der Waals surface area contributed by atoms with Crippen molar-refractivity contribution in [3.63, 3.8) is 0 Å². The predicted octanol–water partition coefficient (Wildman–Crippen LogP) is 0.736. The number of nitrogens with zero attached hydrogens (tertiary/aromatic N) is 1. The van der Waals surface area contributed by atoms with Gasteiger partial charge in [0.2, 0.25) is 0 Å². The van der Waals surface area contributed by atoms with Gasteiger partial charge in [-0.15, -0.1) is 0 Å². The van der Waals surface area contributed by atoms with Crippen LogP contribution in [0.1, 0.15) is 26.2 Å². The van der Waals surface area contributed by atoms with Gasteiger partial charge in [0.05, 0.1) is 19.8 Å². The fourth-order valence-corrected chi connectivity index (χ4v) is 2.00. The van der Waals surface area contributed by atoms with Crippen molar-refractivity contribution in [2.75, 3.05) is 32.9 Å². The van der Waals surface area contributed by atoms with E-state index in [4.69, 9.17) is 14.2 Å². The van der Waals surface area contributed by atoms with Crippen LogP contribution in [0, 0.1) is 0 Å². The van der Waals surface area contributed by atoms with E-state index in [2.05, 4.69) is 0 Å². The molecule has 0 bridgehead atoms. The fraction of sp³-hybridized carbons (Fsp3) is 0.909. The number of hydrogen-bond acceptors (Lipinski definition) is 5. The lowest BCUT2D eigenvalue weighted by atomic mass is 10.1. The van der Waals surface area contributed by atoms with Gasteiger partial charge < -0.3 is 14.2 Å². The Morgan fingerprint density at radius 3 is 2.50 bits per heavy atom. The molecule has 5 nitrogen and oxygen atoms in total. The largest absolute Gasteiger partial charge is 0.353 e. The molecule has 0 unspecified atom stereocenters. The molecule has 0 aromatic rings. The second-order valence-electron chi connectivity index (χ2n) is 4.09. The van der Waals surface area contributed by atoms with Crippen LogP contribution in [-0.4, -0.2) is 49.7 Å². The molecule has 16 heavy (non-hydrogen) atoms. The van der Waals surface area contributed by atoms with E-state index >= 15 is 0 Å². The third-order valence-electron chi connectivity index (χ3n) is 2.85. The number of carbonyl (C=O) groups excluding carboxylic acids is 1. The quantitative estimate of drug-likeness (QED) is 0.711. The van der Waals surface area contributed by atoms with Crippen LogP contribution in [0.25, 0.3) is 0 Å². The third-order valence-corrected chi connectivity index (χ3v) is 2.85. The van der Waals surface area contributed by atoms with Gasteiger partial charge in [0.1, 0.15) is 5.78 Å². The van der Waals surface area contributed by atoms with E-state index in [1.165, 1.54) is 0 Å². The lowest BCUT2D eigenvalue weighted by Crippen LogP contribution is -2.55. The van der Waals surface area contributed by atoms with Crippen molar-refractivity contribution >= 4 is 5.78 Å². The van der Waals surface area contributed by atoms with E-state index in [0.717, 1.165) is 6.42 Å².